The van der Waals surface area contributed by atoms with Crippen LogP contribution < -0.4 is 10.6 Å². The average molecular weight is 450 g/mol. The van der Waals surface area contributed by atoms with Crippen molar-refractivity contribution in [3.05, 3.63) is 59.2 Å². The summed E-state index contributed by atoms with van der Waals surface area (Å²) in [5.41, 5.74) is -0.187. The molecule has 1 heterocycles. The van der Waals surface area contributed by atoms with Crippen molar-refractivity contribution in [2.75, 3.05) is 10.6 Å². The van der Waals surface area contributed by atoms with E-state index < -0.39 is 23.6 Å². The first-order chi connectivity index (χ1) is 15.0. The van der Waals surface area contributed by atoms with Crippen LogP contribution in [0.4, 0.5) is 28.9 Å². The standard InChI is InChI=1S/C21H18F4N4O3/c1-11-9-13(3-5-15(11)22)20-28-19(32-29-20)8-7-18(31)27-17-10-14(21(23,24)25)4-6-16(17)26-12(2)30/h3-6,9-10H,7-8H2,1-2H3,(H,26,30)(H,27,31). The molecule has 0 radical (unpaired) electrons. The van der Waals surface area contributed by atoms with Crippen LogP contribution in [0.2, 0.25) is 0 Å². The molecule has 2 aromatic carbocycles. The summed E-state index contributed by atoms with van der Waals surface area (Å²) >= 11 is 0. The molecule has 0 saturated heterocycles. The Balaban J connectivity index is 1.69. The normalized spacial score (nSPS) is 11.3. The number of halogens is 4. The van der Waals surface area contributed by atoms with Crippen LogP contribution in [-0.4, -0.2) is 22.0 Å². The molecule has 0 unspecified atom stereocenters. The van der Waals surface area contributed by atoms with Gasteiger partial charge in [-0.15, -0.1) is 0 Å². The molecular formula is C21H18F4N4O3. The number of nitrogens with one attached hydrogen (secondary N) is 2. The summed E-state index contributed by atoms with van der Waals surface area (Å²) in [5.74, 6) is -1.15. The maximum atomic E-state index is 13.4. The number of rotatable bonds is 6. The Hall–Kier alpha value is -3.76. The highest BCUT2D eigenvalue weighted by atomic mass is 19.4. The van der Waals surface area contributed by atoms with Gasteiger partial charge in [-0.3, -0.25) is 9.59 Å². The van der Waals surface area contributed by atoms with E-state index in [1.165, 1.54) is 19.1 Å². The van der Waals surface area contributed by atoms with Crippen LogP contribution in [0.15, 0.2) is 40.9 Å². The summed E-state index contributed by atoms with van der Waals surface area (Å²) in [5, 5.41) is 8.53. The first kappa shape index (κ1) is 22.9. The number of amides is 2. The first-order valence-electron chi connectivity index (χ1n) is 9.40. The number of hydrogen-bond acceptors (Lipinski definition) is 5. The van der Waals surface area contributed by atoms with E-state index in [0.29, 0.717) is 11.1 Å². The highest BCUT2D eigenvalue weighted by Crippen LogP contribution is 2.34. The smallest absolute Gasteiger partial charge is 0.339 e. The molecule has 0 bridgehead atoms. The van der Waals surface area contributed by atoms with E-state index in [9.17, 15) is 27.2 Å². The van der Waals surface area contributed by atoms with Crippen molar-refractivity contribution in [1.29, 1.82) is 0 Å². The van der Waals surface area contributed by atoms with Crippen molar-refractivity contribution in [2.24, 2.45) is 0 Å². The van der Waals surface area contributed by atoms with Crippen LogP contribution in [0.3, 0.4) is 0 Å². The van der Waals surface area contributed by atoms with E-state index in [2.05, 4.69) is 20.8 Å². The van der Waals surface area contributed by atoms with E-state index in [4.69, 9.17) is 4.52 Å². The Bertz CT molecular complexity index is 1160. The van der Waals surface area contributed by atoms with Gasteiger partial charge in [0.05, 0.1) is 16.9 Å². The zero-order valence-corrected chi connectivity index (χ0v) is 17.0. The molecule has 0 saturated carbocycles. The SMILES string of the molecule is CC(=O)Nc1ccc(C(F)(F)F)cc1NC(=O)CCc1nc(-c2ccc(F)c(C)c2)no1. The molecule has 0 aliphatic rings. The summed E-state index contributed by atoms with van der Waals surface area (Å²) in [6, 6.07) is 6.92. The van der Waals surface area contributed by atoms with E-state index in [-0.39, 0.29) is 41.7 Å². The highest BCUT2D eigenvalue weighted by molar-refractivity contribution is 5.99. The second kappa shape index (κ2) is 9.16. The Labute approximate surface area is 179 Å². The molecule has 11 heteroatoms. The van der Waals surface area contributed by atoms with Gasteiger partial charge in [-0.25, -0.2) is 4.39 Å². The predicted molar refractivity (Wildman–Crippen MR) is 107 cm³/mol. The molecule has 1 aromatic heterocycles. The van der Waals surface area contributed by atoms with Gasteiger partial charge in [0.25, 0.3) is 0 Å². The molecule has 7 nitrogen and oxygen atoms in total. The number of aryl methyl sites for hydroxylation is 2. The molecule has 0 aliphatic carbocycles. The number of aromatic nitrogens is 2. The highest BCUT2D eigenvalue weighted by Gasteiger charge is 2.31. The lowest BCUT2D eigenvalue weighted by atomic mass is 10.1. The number of carbonyl (C=O) groups is 2. The number of benzene rings is 2. The maximum Gasteiger partial charge on any atom is 0.416 e. The molecule has 0 spiro atoms. The molecule has 3 rings (SSSR count). The van der Waals surface area contributed by atoms with E-state index in [1.807, 2.05) is 0 Å². The summed E-state index contributed by atoms with van der Waals surface area (Å²) in [6.07, 6.45) is -4.76. The fraction of sp³-hybridized carbons (Fsp3) is 0.238. The molecular weight excluding hydrogens is 432 g/mol. The van der Waals surface area contributed by atoms with Gasteiger partial charge in [-0.1, -0.05) is 5.16 Å². The molecule has 168 valence electrons. The third-order valence-electron chi connectivity index (χ3n) is 4.38. The molecule has 2 N–H and O–H groups in total. The lowest BCUT2D eigenvalue weighted by Gasteiger charge is -2.14. The van der Waals surface area contributed by atoms with Crippen molar-refractivity contribution in [3.63, 3.8) is 0 Å². The predicted octanol–water partition coefficient (Wildman–Crippen LogP) is 4.73. The Morgan fingerprint density at radius 3 is 2.47 bits per heavy atom. The average Bonchev–Trinajstić information content (AvgIpc) is 3.18. The molecule has 3 aromatic rings. The van der Waals surface area contributed by atoms with Crippen LogP contribution in [0.5, 0.6) is 0 Å². The number of alkyl halides is 3. The number of nitrogens with zero attached hydrogens (tertiary/aromatic N) is 2. The van der Waals surface area contributed by atoms with Gasteiger partial charge in [0.2, 0.25) is 23.5 Å². The van der Waals surface area contributed by atoms with Crippen molar-refractivity contribution in [1.82, 2.24) is 10.1 Å². The molecule has 2 amide bonds. The molecule has 32 heavy (non-hydrogen) atoms. The van der Waals surface area contributed by atoms with Crippen molar-refractivity contribution in [3.8, 4) is 11.4 Å². The Morgan fingerprint density at radius 1 is 1.06 bits per heavy atom. The van der Waals surface area contributed by atoms with Gasteiger partial charge in [-0.2, -0.15) is 18.2 Å². The summed E-state index contributed by atoms with van der Waals surface area (Å²) < 4.78 is 57.5. The van der Waals surface area contributed by atoms with Crippen LogP contribution in [0.25, 0.3) is 11.4 Å². The topological polar surface area (TPSA) is 97.1 Å². The zero-order valence-electron chi connectivity index (χ0n) is 17.0. The minimum atomic E-state index is -4.62. The monoisotopic (exact) mass is 450 g/mol. The van der Waals surface area contributed by atoms with E-state index in [1.54, 1.807) is 13.0 Å². The number of hydrogen-bond donors (Lipinski definition) is 2. The molecule has 0 aliphatic heterocycles. The quantitative estimate of drug-likeness (QED) is 0.529. The van der Waals surface area contributed by atoms with Gasteiger partial charge in [0.15, 0.2) is 0 Å². The minimum Gasteiger partial charge on any atom is -0.339 e. The second-order valence-electron chi connectivity index (χ2n) is 6.96. The lowest BCUT2D eigenvalue weighted by Crippen LogP contribution is -2.17. The maximum absolute atomic E-state index is 13.4. The van der Waals surface area contributed by atoms with Gasteiger partial charge >= 0.3 is 6.18 Å². The second-order valence-corrected chi connectivity index (χ2v) is 6.96. The summed E-state index contributed by atoms with van der Waals surface area (Å²) in [6.45, 7) is 2.78. The van der Waals surface area contributed by atoms with Gasteiger partial charge in [0, 0.05) is 25.3 Å². The van der Waals surface area contributed by atoms with Crippen molar-refractivity contribution in [2.45, 2.75) is 32.9 Å². The first-order valence-corrected chi connectivity index (χ1v) is 9.40. The summed E-state index contributed by atoms with van der Waals surface area (Å²) in [7, 11) is 0. The van der Waals surface area contributed by atoms with Crippen molar-refractivity contribution >= 4 is 23.2 Å². The van der Waals surface area contributed by atoms with Crippen molar-refractivity contribution < 1.29 is 31.7 Å². The minimum absolute atomic E-state index is 0.0213. The van der Waals surface area contributed by atoms with E-state index >= 15 is 0 Å². The van der Waals surface area contributed by atoms with Crippen LogP contribution in [0, 0.1) is 12.7 Å². The summed E-state index contributed by atoms with van der Waals surface area (Å²) in [4.78, 5) is 27.8. The van der Waals surface area contributed by atoms with Crippen LogP contribution >= 0.6 is 0 Å². The van der Waals surface area contributed by atoms with Gasteiger partial charge < -0.3 is 15.2 Å². The number of carbonyl (C=O) groups excluding carboxylic acids is 2. The van der Waals surface area contributed by atoms with Crippen LogP contribution in [-0.2, 0) is 22.2 Å². The van der Waals surface area contributed by atoms with Gasteiger partial charge in [-0.05, 0) is 48.9 Å². The van der Waals surface area contributed by atoms with E-state index in [0.717, 1.165) is 18.2 Å². The third kappa shape index (κ3) is 5.68. The Kier molecular flexibility index (Phi) is 6.56. The number of anilines is 2. The fourth-order valence-corrected chi connectivity index (χ4v) is 2.81. The Morgan fingerprint density at radius 2 is 1.81 bits per heavy atom. The largest absolute Gasteiger partial charge is 0.416 e. The third-order valence-corrected chi connectivity index (χ3v) is 4.38. The molecule has 0 fully saturated rings. The fourth-order valence-electron chi connectivity index (χ4n) is 2.81. The zero-order chi connectivity index (χ0) is 23.5. The lowest BCUT2D eigenvalue weighted by molar-refractivity contribution is -0.137. The molecule has 0 atom stereocenters. The van der Waals surface area contributed by atoms with Gasteiger partial charge in [0.1, 0.15) is 5.82 Å². The van der Waals surface area contributed by atoms with Crippen LogP contribution in [0.1, 0.15) is 30.4 Å².